The van der Waals surface area contributed by atoms with Crippen molar-refractivity contribution >= 4 is 98.3 Å². The number of aryl methyl sites for hydroxylation is 1. The van der Waals surface area contributed by atoms with Crippen molar-refractivity contribution in [2.45, 2.75) is 63.4 Å². The molecule has 0 N–H and O–H groups in total. The van der Waals surface area contributed by atoms with Gasteiger partial charge < -0.3 is 0 Å². The fourth-order valence-electron chi connectivity index (χ4n) is 3.29. The molecule has 0 spiro atoms. The normalized spacial score (nSPS) is 12.9. The van der Waals surface area contributed by atoms with Gasteiger partial charge in [-0.25, -0.2) is 0 Å². The molecule has 0 amide bonds. The zero-order valence-electron chi connectivity index (χ0n) is 18.8. The van der Waals surface area contributed by atoms with Gasteiger partial charge in [0, 0.05) is 18.9 Å². The van der Waals surface area contributed by atoms with Crippen LogP contribution in [-0.4, -0.2) is 76.0 Å². The Bertz CT molecular complexity index is 1010. The first-order chi connectivity index (χ1) is 15.2. The first-order valence-corrected chi connectivity index (χ1v) is 14.4. The van der Waals surface area contributed by atoms with Crippen molar-refractivity contribution in [3.63, 3.8) is 0 Å². The van der Waals surface area contributed by atoms with E-state index >= 15 is 0 Å². The summed E-state index contributed by atoms with van der Waals surface area (Å²) in [4.78, 5) is 0. The van der Waals surface area contributed by atoms with E-state index < -0.39 is 30.7 Å². The Morgan fingerprint density at radius 2 is 1.12 bits per heavy atom. The van der Waals surface area contributed by atoms with Gasteiger partial charge in [0.25, 0.3) is 20.2 Å². The van der Waals surface area contributed by atoms with Gasteiger partial charge in [0.1, 0.15) is 10.5 Å². The third-order valence-corrected chi connectivity index (χ3v) is 9.80. The molecule has 0 aliphatic heterocycles. The molecule has 0 bridgehead atoms. The summed E-state index contributed by atoms with van der Waals surface area (Å²) < 4.78 is 55.4. The molecule has 2 rings (SSSR count). The van der Waals surface area contributed by atoms with Crippen molar-refractivity contribution in [2.75, 3.05) is 0 Å². The topological polar surface area (TPSA) is 86.7 Å². The van der Waals surface area contributed by atoms with E-state index in [1.54, 1.807) is 21.6 Å². The summed E-state index contributed by atoms with van der Waals surface area (Å²) in [5.41, 5.74) is 2.80. The van der Waals surface area contributed by atoms with E-state index in [0.717, 1.165) is 30.4 Å². The maximum absolute atomic E-state index is 11.7. The maximum atomic E-state index is 11.7. The molecule has 0 aromatic heterocycles. The Hall–Kier alpha value is 1.12. The van der Waals surface area contributed by atoms with Crippen molar-refractivity contribution in [2.24, 2.45) is 0 Å². The molecular formula is C22H36Na2O6P2S2. The van der Waals surface area contributed by atoms with Crippen LogP contribution in [0.15, 0.2) is 54.6 Å². The molecule has 2 aromatic rings. The molecule has 4 atom stereocenters. The fourth-order valence-corrected chi connectivity index (χ4v) is 6.17. The standard InChI is InChI=1S/C13H21O3PS.C9H13O3PS.2Na.2H/c1-3-5-6-11-7-9-12(10-8-11)13(4-2)18(14,15)16-17;1-2-9(14(10,11)12-13)8-6-4-3-5-7-8;;;;/h7-10,13H,3-6,17H2,1-2H3;3-7,9H,2,13H2,1H3;;;;. The molecule has 12 heteroatoms. The van der Waals surface area contributed by atoms with Crippen LogP contribution in [0.1, 0.15) is 73.6 Å². The second-order valence-electron chi connectivity index (χ2n) is 7.23. The zero-order valence-corrected chi connectivity index (χ0v) is 22.7. The predicted molar refractivity (Wildman–Crippen MR) is 151 cm³/mol. The monoisotopic (exact) mass is 568 g/mol. The molecule has 34 heavy (non-hydrogen) atoms. The summed E-state index contributed by atoms with van der Waals surface area (Å²) >= 11 is 0. The molecule has 2 aromatic carbocycles. The summed E-state index contributed by atoms with van der Waals surface area (Å²) in [5, 5.41) is -1.17. The van der Waals surface area contributed by atoms with Gasteiger partial charge >= 0.3 is 59.1 Å². The van der Waals surface area contributed by atoms with Gasteiger partial charge in [0.05, 0.1) is 0 Å². The number of hydrogen-bond donors (Lipinski definition) is 0. The Morgan fingerprint density at radius 1 is 0.706 bits per heavy atom. The zero-order chi connectivity index (χ0) is 24.2. The third kappa shape index (κ3) is 12.1. The average molecular weight is 569 g/mol. The van der Waals surface area contributed by atoms with Crippen LogP contribution in [0, 0.1) is 0 Å². The minimum absolute atomic E-state index is 0. The molecule has 6 nitrogen and oxygen atoms in total. The van der Waals surface area contributed by atoms with Gasteiger partial charge in [-0.2, -0.15) is 16.8 Å². The van der Waals surface area contributed by atoms with E-state index in [0.29, 0.717) is 12.8 Å². The van der Waals surface area contributed by atoms with Crippen molar-refractivity contribution in [1.29, 1.82) is 0 Å². The second-order valence-corrected chi connectivity index (χ2v) is 11.9. The van der Waals surface area contributed by atoms with Crippen LogP contribution in [0.2, 0.25) is 0 Å². The molecule has 0 heterocycles. The van der Waals surface area contributed by atoms with Crippen LogP contribution < -0.4 is 0 Å². The third-order valence-electron chi connectivity index (χ3n) is 5.05. The Kier molecular flexibility index (Phi) is 21.1. The van der Waals surface area contributed by atoms with E-state index in [4.69, 9.17) is 0 Å². The Morgan fingerprint density at radius 3 is 1.47 bits per heavy atom. The summed E-state index contributed by atoms with van der Waals surface area (Å²) in [6.45, 7) is 5.82. The van der Waals surface area contributed by atoms with Crippen molar-refractivity contribution in [3.8, 4) is 0 Å². The average Bonchev–Trinajstić information content (AvgIpc) is 2.80. The first kappa shape index (κ1) is 37.3. The molecule has 0 aliphatic rings. The van der Waals surface area contributed by atoms with Crippen LogP contribution in [0.3, 0.4) is 0 Å². The summed E-state index contributed by atoms with van der Waals surface area (Å²) in [6.07, 6.45) is 4.37. The van der Waals surface area contributed by atoms with E-state index in [2.05, 4.69) is 14.9 Å². The van der Waals surface area contributed by atoms with Gasteiger partial charge in [-0.1, -0.05) is 81.8 Å². The molecule has 184 valence electrons. The van der Waals surface area contributed by atoms with Crippen LogP contribution in [0.5, 0.6) is 0 Å². The SMILES string of the molecule is CCC(c1ccccc1)S(=O)(=O)OP.CCCCc1ccc(C(CC)S(=O)(=O)OP)cc1.[NaH].[NaH]. The van der Waals surface area contributed by atoms with E-state index in [-0.39, 0.29) is 59.1 Å². The Labute approximate surface area is 255 Å². The quantitative estimate of drug-likeness (QED) is 0.291. The van der Waals surface area contributed by atoms with Crippen LogP contribution in [0.4, 0.5) is 0 Å². The predicted octanol–water partition coefficient (Wildman–Crippen LogP) is 4.59. The molecule has 0 radical (unpaired) electrons. The van der Waals surface area contributed by atoms with Gasteiger partial charge in [-0.3, -0.25) is 7.94 Å². The minimum atomic E-state index is -3.53. The van der Waals surface area contributed by atoms with E-state index in [1.165, 1.54) is 5.56 Å². The molecule has 0 fully saturated rings. The molecular weight excluding hydrogens is 532 g/mol. The Balaban J connectivity index is 0. The summed E-state index contributed by atoms with van der Waals surface area (Å²) in [6, 6.07) is 16.8. The van der Waals surface area contributed by atoms with Crippen molar-refractivity contribution in [3.05, 3.63) is 71.3 Å². The molecule has 4 unspecified atom stereocenters. The van der Waals surface area contributed by atoms with Crippen LogP contribution >= 0.6 is 18.9 Å². The molecule has 0 saturated carbocycles. The molecule has 0 saturated heterocycles. The summed E-state index contributed by atoms with van der Waals surface area (Å²) in [7, 11) is -3.43. The second kappa shape index (κ2) is 19.2. The van der Waals surface area contributed by atoms with Crippen molar-refractivity contribution < 1.29 is 24.8 Å². The number of benzene rings is 2. The number of hydrogen-bond acceptors (Lipinski definition) is 6. The summed E-state index contributed by atoms with van der Waals surface area (Å²) in [5.74, 6) is 0. The van der Waals surface area contributed by atoms with Gasteiger partial charge in [0.2, 0.25) is 0 Å². The number of unbranched alkanes of at least 4 members (excludes halogenated alkanes) is 1. The van der Waals surface area contributed by atoms with Gasteiger partial charge in [-0.15, -0.1) is 0 Å². The van der Waals surface area contributed by atoms with Crippen LogP contribution in [0.25, 0.3) is 0 Å². The van der Waals surface area contributed by atoms with E-state index in [1.807, 2.05) is 65.8 Å². The van der Waals surface area contributed by atoms with Crippen molar-refractivity contribution in [1.82, 2.24) is 0 Å². The van der Waals surface area contributed by atoms with E-state index in [9.17, 15) is 16.8 Å². The molecule has 0 aliphatic carbocycles. The fraction of sp³-hybridized carbons (Fsp3) is 0.455. The van der Waals surface area contributed by atoms with Gasteiger partial charge in [-0.05, 0) is 42.4 Å². The van der Waals surface area contributed by atoms with Crippen LogP contribution in [-0.2, 0) is 34.6 Å². The number of rotatable bonds is 11. The first-order valence-electron chi connectivity index (χ1n) is 10.5. The van der Waals surface area contributed by atoms with Gasteiger partial charge in [0.15, 0.2) is 0 Å².